The Labute approximate surface area is 94.8 Å². The molecule has 2 rings (SSSR count). The van der Waals surface area contributed by atoms with E-state index in [0.29, 0.717) is 12.6 Å². The summed E-state index contributed by atoms with van der Waals surface area (Å²) in [4.78, 5) is 24.8. The molecule has 16 heavy (non-hydrogen) atoms. The van der Waals surface area contributed by atoms with Crippen molar-refractivity contribution in [2.75, 3.05) is 6.54 Å². The number of aliphatic carboxylic acids is 1. The SMILES string of the molecule is CC1CCNC(CC(=O)O)C(=O)N1C1CC1. The summed E-state index contributed by atoms with van der Waals surface area (Å²) in [5.74, 6) is -0.953. The maximum Gasteiger partial charge on any atom is 0.305 e. The number of nitrogens with one attached hydrogen (secondary N) is 1. The van der Waals surface area contributed by atoms with E-state index in [-0.39, 0.29) is 18.4 Å². The summed E-state index contributed by atoms with van der Waals surface area (Å²) in [7, 11) is 0. The monoisotopic (exact) mass is 226 g/mol. The molecular weight excluding hydrogens is 208 g/mol. The zero-order chi connectivity index (χ0) is 11.7. The molecule has 2 atom stereocenters. The van der Waals surface area contributed by atoms with E-state index < -0.39 is 12.0 Å². The molecule has 1 aliphatic carbocycles. The lowest BCUT2D eigenvalue weighted by molar-refractivity contribution is -0.143. The summed E-state index contributed by atoms with van der Waals surface area (Å²) >= 11 is 0. The van der Waals surface area contributed by atoms with Crippen LogP contribution >= 0.6 is 0 Å². The highest BCUT2D eigenvalue weighted by Gasteiger charge is 2.40. The number of carboxylic acids is 1. The molecule has 0 bridgehead atoms. The van der Waals surface area contributed by atoms with E-state index in [1.165, 1.54) is 0 Å². The van der Waals surface area contributed by atoms with Gasteiger partial charge in [0.15, 0.2) is 0 Å². The van der Waals surface area contributed by atoms with Gasteiger partial charge in [0.05, 0.1) is 12.5 Å². The molecule has 90 valence electrons. The average Bonchev–Trinajstić information content (AvgIpc) is 2.98. The van der Waals surface area contributed by atoms with Gasteiger partial charge in [0.25, 0.3) is 0 Å². The number of amides is 1. The number of carbonyl (C=O) groups excluding carboxylic acids is 1. The third-order valence-corrected chi connectivity index (χ3v) is 3.30. The van der Waals surface area contributed by atoms with Gasteiger partial charge in [-0.3, -0.25) is 9.59 Å². The minimum atomic E-state index is -0.920. The molecule has 2 fully saturated rings. The van der Waals surface area contributed by atoms with E-state index in [2.05, 4.69) is 5.32 Å². The standard InChI is InChI=1S/C11H18N2O3/c1-7-4-5-12-9(6-10(14)15)11(16)13(7)8-2-3-8/h7-9,12H,2-6H2,1H3,(H,14,15). The Kier molecular flexibility index (Phi) is 3.14. The van der Waals surface area contributed by atoms with Crippen molar-refractivity contribution in [2.24, 2.45) is 0 Å². The Bertz CT molecular complexity index is 302. The second-order valence-electron chi connectivity index (χ2n) is 4.72. The highest BCUT2D eigenvalue weighted by atomic mass is 16.4. The number of hydrogen-bond donors (Lipinski definition) is 2. The summed E-state index contributed by atoms with van der Waals surface area (Å²) in [6.07, 6.45) is 2.92. The lowest BCUT2D eigenvalue weighted by Crippen LogP contribution is -2.47. The van der Waals surface area contributed by atoms with E-state index >= 15 is 0 Å². The first-order valence-corrected chi connectivity index (χ1v) is 5.87. The van der Waals surface area contributed by atoms with Crippen LogP contribution in [0.5, 0.6) is 0 Å². The van der Waals surface area contributed by atoms with Crippen LogP contribution in [-0.4, -0.2) is 46.6 Å². The zero-order valence-electron chi connectivity index (χ0n) is 9.48. The zero-order valence-corrected chi connectivity index (χ0v) is 9.48. The fourth-order valence-corrected chi connectivity index (χ4v) is 2.32. The van der Waals surface area contributed by atoms with Gasteiger partial charge in [0.2, 0.25) is 5.91 Å². The highest BCUT2D eigenvalue weighted by molar-refractivity contribution is 5.87. The second-order valence-corrected chi connectivity index (χ2v) is 4.72. The normalized spacial score (nSPS) is 31.3. The topological polar surface area (TPSA) is 69.6 Å². The van der Waals surface area contributed by atoms with Gasteiger partial charge in [0.1, 0.15) is 0 Å². The molecule has 0 aromatic rings. The predicted molar refractivity (Wildman–Crippen MR) is 58.0 cm³/mol. The Morgan fingerprint density at radius 2 is 2.19 bits per heavy atom. The van der Waals surface area contributed by atoms with Gasteiger partial charge in [-0.05, 0) is 32.7 Å². The third-order valence-electron chi connectivity index (χ3n) is 3.30. The molecule has 1 aliphatic heterocycles. The van der Waals surface area contributed by atoms with E-state index in [9.17, 15) is 9.59 Å². The lowest BCUT2D eigenvalue weighted by atomic mass is 10.1. The first kappa shape index (κ1) is 11.4. The molecular formula is C11H18N2O3. The number of carbonyl (C=O) groups is 2. The van der Waals surface area contributed by atoms with Crippen molar-refractivity contribution in [1.82, 2.24) is 10.2 Å². The average molecular weight is 226 g/mol. The molecule has 0 radical (unpaired) electrons. The van der Waals surface area contributed by atoms with Crippen LogP contribution in [-0.2, 0) is 9.59 Å². The molecule has 5 heteroatoms. The van der Waals surface area contributed by atoms with Crippen LogP contribution in [0.1, 0.15) is 32.6 Å². The van der Waals surface area contributed by atoms with Crippen LogP contribution in [0.4, 0.5) is 0 Å². The van der Waals surface area contributed by atoms with E-state index in [4.69, 9.17) is 5.11 Å². The summed E-state index contributed by atoms with van der Waals surface area (Å²) in [6.45, 7) is 2.76. The lowest BCUT2D eigenvalue weighted by Gasteiger charge is -2.28. The quantitative estimate of drug-likeness (QED) is 0.721. The van der Waals surface area contributed by atoms with Gasteiger partial charge in [-0.25, -0.2) is 0 Å². The summed E-state index contributed by atoms with van der Waals surface area (Å²) < 4.78 is 0. The minimum absolute atomic E-state index is 0.0325. The van der Waals surface area contributed by atoms with Crippen molar-refractivity contribution in [3.63, 3.8) is 0 Å². The van der Waals surface area contributed by atoms with Gasteiger partial charge in [-0.1, -0.05) is 0 Å². The molecule has 2 N–H and O–H groups in total. The van der Waals surface area contributed by atoms with Crippen molar-refractivity contribution < 1.29 is 14.7 Å². The van der Waals surface area contributed by atoms with Gasteiger partial charge < -0.3 is 15.3 Å². The maximum atomic E-state index is 12.2. The van der Waals surface area contributed by atoms with Crippen molar-refractivity contribution in [3.05, 3.63) is 0 Å². The molecule has 0 spiro atoms. The van der Waals surface area contributed by atoms with E-state index in [0.717, 1.165) is 19.3 Å². The van der Waals surface area contributed by atoms with E-state index in [1.54, 1.807) is 0 Å². The Morgan fingerprint density at radius 1 is 1.50 bits per heavy atom. The molecule has 1 saturated heterocycles. The van der Waals surface area contributed by atoms with E-state index in [1.807, 2.05) is 11.8 Å². The molecule has 0 aromatic carbocycles. The molecule has 2 unspecified atom stereocenters. The van der Waals surface area contributed by atoms with Crippen LogP contribution < -0.4 is 5.32 Å². The highest BCUT2D eigenvalue weighted by Crippen LogP contribution is 2.31. The fraction of sp³-hybridized carbons (Fsp3) is 0.818. The van der Waals surface area contributed by atoms with Crippen LogP contribution in [0.2, 0.25) is 0 Å². The largest absolute Gasteiger partial charge is 0.481 e. The number of rotatable bonds is 3. The Morgan fingerprint density at radius 3 is 2.75 bits per heavy atom. The summed E-state index contributed by atoms with van der Waals surface area (Å²) in [6, 6.07) is 0.0491. The number of nitrogens with zero attached hydrogens (tertiary/aromatic N) is 1. The second kappa shape index (κ2) is 4.41. The Balaban J connectivity index is 2.09. The van der Waals surface area contributed by atoms with Crippen LogP contribution in [0, 0.1) is 0 Å². The minimum Gasteiger partial charge on any atom is -0.481 e. The molecule has 1 saturated carbocycles. The van der Waals surface area contributed by atoms with Crippen LogP contribution in [0.3, 0.4) is 0 Å². The van der Waals surface area contributed by atoms with Crippen LogP contribution in [0.15, 0.2) is 0 Å². The van der Waals surface area contributed by atoms with Crippen molar-refractivity contribution >= 4 is 11.9 Å². The summed E-state index contributed by atoms with van der Waals surface area (Å²) in [5, 5.41) is 11.8. The predicted octanol–water partition coefficient (Wildman–Crippen LogP) is 0.203. The molecule has 1 heterocycles. The van der Waals surface area contributed by atoms with Gasteiger partial charge in [0, 0.05) is 12.1 Å². The summed E-state index contributed by atoms with van der Waals surface area (Å²) in [5.41, 5.74) is 0. The van der Waals surface area contributed by atoms with Crippen LogP contribution in [0.25, 0.3) is 0 Å². The van der Waals surface area contributed by atoms with Gasteiger partial charge >= 0.3 is 5.97 Å². The first-order valence-electron chi connectivity index (χ1n) is 5.87. The van der Waals surface area contributed by atoms with Crippen molar-refractivity contribution in [3.8, 4) is 0 Å². The maximum absolute atomic E-state index is 12.2. The number of carboxylic acid groups (broad SMARTS) is 1. The van der Waals surface area contributed by atoms with Gasteiger partial charge in [-0.15, -0.1) is 0 Å². The smallest absolute Gasteiger partial charge is 0.305 e. The van der Waals surface area contributed by atoms with Crippen molar-refractivity contribution in [1.29, 1.82) is 0 Å². The first-order chi connectivity index (χ1) is 7.59. The molecule has 2 aliphatic rings. The molecule has 0 aromatic heterocycles. The molecule has 5 nitrogen and oxygen atoms in total. The molecule has 1 amide bonds. The Hall–Kier alpha value is -1.10. The third kappa shape index (κ3) is 2.35. The van der Waals surface area contributed by atoms with Crippen molar-refractivity contribution in [2.45, 2.75) is 50.7 Å². The fourth-order valence-electron chi connectivity index (χ4n) is 2.32. The number of hydrogen-bond acceptors (Lipinski definition) is 3. The van der Waals surface area contributed by atoms with Gasteiger partial charge in [-0.2, -0.15) is 0 Å².